The summed E-state index contributed by atoms with van der Waals surface area (Å²) in [4.78, 5) is 3.42. The van der Waals surface area contributed by atoms with E-state index in [0.29, 0.717) is 0 Å². The Labute approximate surface area is 173 Å². The zero-order valence-electron chi connectivity index (χ0n) is 18.0. The average molecular weight is 408 g/mol. The number of allylic oxidation sites excluding steroid dienone is 2. The topological polar surface area (TPSA) is 25.0 Å². The van der Waals surface area contributed by atoms with Crippen LogP contribution in [0, 0.1) is 5.82 Å². The van der Waals surface area contributed by atoms with Crippen molar-refractivity contribution in [2.24, 2.45) is 0 Å². The monoisotopic (exact) mass is 407 g/mol. The Kier molecular flexibility index (Phi) is 4.94. The summed E-state index contributed by atoms with van der Waals surface area (Å²) in [5.41, 5.74) is 4.75. The van der Waals surface area contributed by atoms with Gasteiger partial charge >= 0.3 is 0 Å². The number of hydrogen-bond acceptors (Lipinski definition) is 1. The summed E-state index contributed by atoms with van der Waals surface area (Å²) in [6.07, 6.45) is 4.09. The molecule has 152 valence electrons. The SMILES string of the molecule is CC(C)(C)[Si](C)(C)OC1=C(c2ccc(F)cc2)CCC1c1c[nH]c2ccccc12. The average Bonchev–Trinajstić information content (AvgIpc) is 3.25. The Morgan fingerprint density at radius 2 is 1.72 bits per heavy atom. The van der Waals surface area contributed by atoms with Crippen molar-refractivity contribution in [2.45, 2.75) is 57.7 Å². The molecule has 1 unspecified atom stereocenters. The first-order chi connectivity index (χ1) is 13.7. The molecule has 1 heterocycles. The minimum absolute atomic E-state index is 0.112. The summed E-state index contributed by atoms with van der Waals surface area (Å²) in [7, 11) is -2.02. The third kappa shape index (κ3) is 3.66. The largest absolute Gasteiger partial charge is 0.546 e. The van der Waals surface area contributed by atoms with Gasteiger partial charge in [-0.25, -0.2) is 4.39 Å². The maximum atomic E-state index is 13.5. The van der Waals surface area contributed by atoms with Crippen molar-refractivity contribution >= 4 is 24.8 Å². The lowest BCUT2D eigenvalue weighted by atomic mass is 9.97. The molecule has 4 rings (SSSR count). The maximum Gasteiger partial charge on any atom is 0.250 e. The van der Waals surface area contributed by atoms with Gasteiger partial charge in [0.1, 0.15) is 5.82 Å². The van der Waals surface area contributed by atoms with Crippen LogP contribution in [-0.2, 0) is 4.43 Å². The molecule has 1 atom stereocenters. The minimum Gasteiger partial charge on any atom is -0.546 e. The predicted molar refractivity (Wildman–Crippen MR) is 122 cm³/mol. The standard InChI is InChI=1S/C25H30FNOSi/c1-25(2,3)29(4,5)28-24-19(17-10-12-18(26)13-11-17)14-15-21(24)22-16-27-23-9-7-6-8-20(22)23/h6-13,16,21,27H,14-15H2,1-5H3. The van der Waals surface area contributed by atoms with Crippen molar-refractivity contribution in [3.63, 3.8) is 0 Å². The van der Waals surface area contributed by atoms with Gasteiger partial charge in [0, 0.05) is 23.0 Å². The number of nitrogens with one attached hydrogen (secondary N) is 1. The molecule has 1 N–H and O–H groups in total. The molecule has 2 nitrogen and oxygen atoms in total. The molecule has 1 aliphatic carbocycles. The van der Waals surface area contributed by atoms with Crippen molar-refractivity contribution in [3.05, 3.63) is 77.4 Å². The van der Waals surface area contributed by atoms with Crippen molar-refractivity contribution in [3.8, 4) is 0 Å². The second-order valence-electron chi connectivity index (χ2n) is 9.59. The number of fused-ring (bicyclic) bond motifs is 1. The smallest absolute Gasteiger partial charge is 0.250 e. The molecule has 0 saturated heterocycles. The third-order valence-corrected chi connectivity index (χ3v) is 11.0. The highest BCUT2D eigenvalue weighted by Gasteiger charge is 2.42. The van der Waals surface area contributed by atoms with Gasteiger partial charge in [-0.15, -0.1) is 0 Å². The summed E-state index contributed by atoms with van der Waals surface area (Å²) in [6.45, 7) is 11.4. The molecule has 2 aromatic carbocycles. The highest BCUT2D eigenvalue weighted by Crippen LogP contribution is 2.49. The number of aromatic amines is 1. The Hall–Kier alpha value is -2.33. The summed E-state index contributed by atoms with van der Waals surface area (Å²) in [6, 6.07) is 15.3. The van der Waals surface area contributed by atoms with Crippen molar-refractivity contribution in [2.75, 3.05) is 0 Å². The van der Waals surface area contributed by atoms with Gasteiger partial charge in [0.05, 0.1) is 5.76 Å². The molecule has 0 aliphatic heterocycles. The van der Waals surface area contributed by atoms with E-state index in [1.165, 1.54) is 16.5 Å². The van der Waals surface area contributed by atoms with Crippen LogP contribution in [-0.4, -0.2) is 13.3 Å². The quantitative estimate of drug-likeness (QED) is 0.442. The first-order valence-corrected chi connectivity index (χ1v) is 13.3. The van der Waals surface area contributed by atoms with Gasteiger partial charge in [-0.2, -0.15) is 0 Å². The Balaban J connectivity index is 1.84. The fraction of sp³-hybridized carbons (Fsp3) is 0.360. The molecule has 0 radical (unpaired) electrons. The summed E-state index contributed by atoms with van der Waals surface area (Å²) in [5.74, 6) is 1.11. The van der Waals surface area contributed by atoms with Crippen molar-refractivity contribution in [1.82, 2.24) is 4.98 Å². The molecular formula is C25H30FNOSi. The molecule has 0 amide bonds. The van der Waals surface area contributed by atoms with Crippen LogP contribution in [0.25, 0.3) is 16.5 Å². The van der Waals surface area contributed by atoms with Crippen LogP contribution in [0.2, 0.25) is 18.1 Å². The van der Waals surface area contributed by atoms with E-state index < -0.39 is 8.32 Å². The van der Waals surface area contributed by atoms with Crippen LogP contribution < -0.4 is 0 Å². The normalized spacial score (nSPS) is 17.9. The van der Waals surface area contributed by atoms with Crippen LogP contribution >= 0.6 is 0 Å². The van der Waals surface area contributed by atoms with E-state index in [0.717, 1.165) is 29.7 Å². The number of rotatable bonds is 4. The molecular weight excluding hydrogens is 377 g/mol. The number of halogens is 1. The molecule has 29 heavy (non-hydrogen) atoms. The van der Waals surface area contributed by atoms with Gasteiger partial charge in [-0.05, 0) is 65.9 Å². The van der Waals surface area contributed by atoms with Gasteiger partial charge in [-0.3, -0.25) is 0 Å². The Morgan fingerprint density at radius 1 is 1.03 bits per heavy atom. The van der Waals surface area contributed by atoms with Gasteiger partial charge in [0.15, 0.2) is 0 Å². The number of para-hydroxylation sites is 1. The van der Waals surface area contributed by atoms with E-state index in [2.05, 4.69) is 69.3 Å². The van der Waals surface area contributed by atoms with Gasteiger partial charge in [0.25, 0.3) is 0 Å². The number of benzene rings is 2. The summed E-state index contributed by atoms with van der Waals surface area (Å²) < 4.78 is 20.5. The van der Waals surface area contributed by atoms with Gasteiger partial charge in [-0.1, -0.05) is 51.1 Å². The molecule has 3 aromatic rings. The van der Waals surface area contributed by atoms with E-state index in [1.807, 2.05) is 12.1 Å². The van der Waals surface area contributed by atoms with Crippen LogP contribution in [0.1, 0.15) is 50.7 Å². The van der Waals surface area contributed by atoms with Gasteiger partial charge in [0.2, 0.25) is 8.32 Å². The first kappa shape index (κ1) is 20.0. The van der Waals surface area contributed by atoms with Crippen molar-refractivity contribution < 1.29 is 8.82 Å². The number of aromatic nitrogens is 1. The second-order valence-corrected chi connectivity index (χ2v) is 14.3. The van der Waals surface area contributed by atoms with E-state index in [4.69, 9.17) is 4.43 Å². The minimum atomic E-state index is -2.02. The molecule has 1 aliphatic rings. The maximum absolute atomic E-state index is 13.5. The molecule has 1 aromatic heterocycles. The van der Waals surface area contributed by atoms with Crippen molar-refractivity contribution in [1.29, 1.82) is 0 Å². The third-order valence-electron chi connectivity index (χ3n) is 6.66. The van der Waals surface area contributed by atoms with Crippen LogP contribution in [0.15, 0.2) is 60.5 Å². The lowest BCUT2D eigenvalue weighted by molar-refractivity contribution is 0.359. The highest BCUT2D eigenvalue weighted by molar-refractivity contribution is 6.74. The highest BCUT2D eigenvalue weighted by atomic mass is 28.4. The van der Waals surface area contributed by atoms with E-state index in [-0.39, 0.29) is 16.8 Å². The zero-order chi connectivity index (χ0) is 20.8. The molecule has 0 spiro atoms. The fourth-order valence-electron chi connectivity index (χ4n) is 3.93. The predicted octanol–water partition coefficient (Wildman–Crippen LogP) is 7.62. The first-order valence-electron chi connectivity index (χ1n) is 10.4. The Morgan fingerprint density at radius 3 is 2.41 bits per heavy atom. The van der Waals surface area contributed by atoms with Crippen LogP contribution in [0.5, 0.6) is 0 Å². The lowest BCUT2D eigenvalue weighted by Crippen LogP contribution is -2.41. The number of H-pyrrole nitrogens is 1. The molecule has 0 bridgehead atoms. The fourth-order valence-corrected chi connectivity index (χ4v) is 5.05. The van der Waals surface area contributed by atoms with Crippen LogP contribution in [0.4, 0.5) is 4.39 Å². The second kappa shape index (κ2) is 7.17. The number of hydrogen-bond donors (Lipinski definition) is 1. The summed E-state index contributed by atoms with van der Waals surface area (Å²) in [5, 5.41) is 1.37. The van der Waals surface area contributed by atoms with Gasteiger partial charge < -0.3 is 9.41 Å². The molecule has 0 saturated carbocycles. The lowest BCUT2D eigenvalue weighted by Gasteiger charge is -2.38. The van der Waals surface area contributed by atoms with E-state index in [9.17, 15) is 4.39 Å². The summed E-state index contributed by atoms with van der Waals surface area (Å²) >= 11 is 0. The molecule has 0 fully saturated rings. The Bertz CT molecular complexity index is 1060. The van der Waals surface area contributed by atoms with E-state index >= 15 is 0 Å². The van der Waals surface area contributed by atoms with Crippen LogP contribution in [0.3, 0.4) is 0 Å². The zero-order valence-corrected chi connectivity index (χ0v) is 19.0. The van der Waals surface area contributed by atoms with E-state index in [1.54, 1.807) is 12.1 Å². The molecule has 4 heteroatoms.